The minimum atomic E-state index is 0.322. The molecule has 4 heteroatoms. The van der Waals surface area contributed by atoms with Gasteiger partial charge >= 0.3 is 0 Å². The summed E-state index contributed by atoms with van der Waals surface area (Å²) >= 11 is 8.69. The maximum atomic E-state index is 5.23. The van der Waals surface area contributed by atoms with Crippen LogP contribution < -0.4 is 0 Å². The molecule has 0 atom stereocenters. The van der Waals surface area contributed by atoms with Gasteiger partial charge in [-0.15, -0.1) is 0 Å². The summed E-state index contributed by atoms with van der Waals surface area (Å²) in [7, 11) is 0. The Kier molecular flexibility index (Phi) is 7.59. The zero-order valence-corrected chi connectivity index (χ0v) is 11.2. The third kappa shape index (κ3) is 8.78. The van der Waals surface area contributed by atoms with Crippen LogP contribution in [0.2, 0.25) is 0 Å². The molecule has 0 radical (unpaired) electrons. The average Bonchev–Trinajstić information content (AvgIpc) is 1.97. The first-order valence-electron chi connectivity index (χ1n) is 5.00. The van der Waals surface area contributed by atoms with E-state index in [-0.39, 0.29) is 0 Å². The first-order valence-corrected chi connectivity index (χ1v) is 5.85. The summed E-state index contributed by atoms with van der Waals surface area (Å²) in [4.78, 5) is 2.26. The number of hydrogen-bond donors (Lipinski definition) is 1. The van der Waals surface area contributed by atoms with Gasteiger partial charge in [-0.25, -0.2) is 0 Å². The molecule has 0 aliphatic carbocycles. The van der Waals surface area contributed by atoms with Gasteiger partial charge in [0.2, 0.25) is 4.38 Å². The minimum absolute atomic E-state index is 0.322. The molecule has 0 aromatic rings. The van der Waals surface area contributed by atoms with Crippen LogP contribution >= 0.6 is 24.8 Å². The van der Waals surface area contributed by atoms with E-state index in [4.69, 9.17) is 17.0 Å². The molecule has 0 spiro atoms. The lowest BCUT2D eigenvalue weighted by molar-refractivity contribution is 0.0998. The second-order valence-corrected chi connectivity index (χ2v) is 5.44. The summed E-state index contributed by atoms with van der Waals surface area (Å²) in [5, 5.41) is 0. The van der Waals surface area contributed by atoms with Crippen molar-refractivity contribution in [1.29, 1.82) is 0 Å². The van der Waals surface area contributed by atoms with E-state index in [1.165, 1.54) is 0 Å². The second-order valence-electron chi connectivity index (χ2n) is 4.36. The lowest BCUT2D eigenvalue weighted by Gasteiger charge is -2.25. The van der Waals surface area contributed by atoms with Crippen LogP contribution in [0, 0.1) is 11.8 Å². The van der Waals surface area contributed by atoms with Crippen LogP contribution in [0.1, 0.15) is 27.7 Å². The van der Waals surface area contributed by atoms with Crippen molar-refractivity contribution in [1.82, 2.24) is 4.90 Å². The number of hydrogen-bond acceptors (Lipinski definition) is 3. The molecule has 0 unspecified atom stereocenters. The quantitative estimate of drug-likeness (QED) is 0.432. The lowest BCUT2D eigenvalue weighted by atomic mass is 10.1. The molecule has 2 nitrogen and oxygen atoms in total. The van der Waals surface area contributed by atoms with Crippen molar-refractivity contribution in [3.05, 3.63) is 0 Å². The zero-order chi connectivity index (χ0) is 11.1. The van der Waals surface area contributed by atoms with Crippen LogP contribution in [0.25, 0.3) is 0 Å². The molecular formula is C10H21NOS2. The van der Waals surface area contributed by atoms with Crippen molar-refractivity contribution in [2.75, 3.05) is 19.8 Å². The number of thiol groups is 1. The Hall–Kier alpha value is 0.200. The molecular weight excluding hydrogens is 214 g/mol. The molecule has 0 amide bonds. The first-order chi connectivity index (χ1) is 6.41. The average molecular weight is 235 g/mol. The Morgan fingerprint density at radius 2 is 1.64 bits per heavy atom. The van der Waals surface area contributed by atoms with Gasteiger partial charge in [-0.1, -0.05) is 40.3 Å². The fraction of sp³-hybridized carbons (Fsp3) is 0.900. The Morgan fingerprint density at radius 1 is 1.21 bits per heavy atom. The molecule has 0 rings (SSSR count). The van der Waals surface area contributed by atoms with Gasteiger partial charge in [0.25, 0.3) is 0 Å². The SMILES string of the molecule is CC(C)CN(COC(=S)S)CC(C)C. The minimum Gasteiger partial charge on any atom is -0.463 e. The van der Waals surface area contributed by atoms with Crippen LogP contribution in [0.5, 0.6) is 0 Å². The molecule has 0 heterocycles. The smallest absolute Gasteiger partial charge is 0.218 e. The summed E-state index contributed by atoms with van der Waals surface area (Å²) in [5.74, 6) is 1.29. The molecule has 0 bridgehead atoms. The molecule has 0 aliphatic rings. The topological polar surface area (TPSA) is 12.5 Å². The maximum Gasteiger partial charge on any atom is 0.218 e. The highest BCUT2D eigenvalue weighted by Gasteiger charge is 2.09. The largest absolute Gasteiger partial charge is 0.463 e. The van der Waals surface area contributed by atoms with E-state index in [9.17, 15) is 0 Å². The van der Waals surface area contributed by atoms with Gasteiger partial charge in [0, 0.05) is 13.1 Å². The number of ether oxygens (including phenoxy) is 1. The summed E-state index contributed by atoms with van der Waals surface area (Å²) in [5.41, 5.74) is 0. The summed E-state index contributed by atoms with van der Waals surface area (Å²) in [6, 6.07) is 0. The second kappa shape index (κ2) is 7.49. The van der Waals surface area contributed by atoms with Gasteiger partial charge in [0.15, 0.2) is 0 Å². The summed E-state index contributed by atoms with van der Waals surface area (Å²) in [6.45, 7) is 11.4. The van der Waals surface area contributed by atoms with E-state index in [0.29, 0.717) is 22.9 Å². The molecule has 0 aliphatic heterocycles. The van der Waals surface area contributed by atoms with E-state index in [0.717, 1.165) is 13.1 Å². The van der Waals surface area contributed by atoms with Gasteiger partial charge in [-0.05, 0) is 24.1 Å². The zero-order valence-electron chi connectivity index (χ0n) is 9.49. The Morgan fingerprint density at radius 3 is 1.93 bits per heavy atom. The molecule has 84 valence electrons. The standard InChI is InChI=1S/C10H21NOS2/c1-8(2)5-11(6-9(3)4)7-12-10(13)14/h8-9H,5-7H2,1-4H3,(H,13,14). The van der Waals surface area contributed by atoms with E-state index in [2.05, 4.69) is 45.2 Å². The lowest BCUT2D eigenvalue weighted by Crippen LogP contribution is -2.33. The van der Waals surface area contributed by atoms with Crippen molar-refractivity contribution in [2.24, 2.45) is 11.8 Å². The van der Waals surface area contributed by atoms with Crippen molar-refractivity contribution in [3.8, 4) is 0 Å². The number of rotatable bonds is 6. The molecule has 0 fully saturated rings. The van der Waals surface area contributed by atoms with Crippen molar-refractivity contribution < 1.29 is 4.74 Å². The molecule has 14 heavy (non-hydrogen) atoms. The van der Waals surface area contributed by atoms with E-state index < -0.39 is 0 Å². The number of thiocarbonyl (C=S) groups is 1. The van der Waals surface area contributed by atoms with Crippen LogP contribution in [-0.2, 0) is 4.74 Å². The van der Waals surface area contributed by atoms with Crippen molar-refractivity contribution >= 4 is 29.2 Å². The molecule has 0 saturated heterocycles. The fourth-order valence-electron chi connectivity index (χ4n) is 1.36. The van der Waals surface area contributed by atoms with Crippen LogP contribution in [0.3, 0.4) is 0 Å². The fourth-order valence-corrected chi connectivity index (χ4v) is 1.47. The summed E-state index contributed by atoms with van der Waals surface area (Å²) < 4.78 is 5.55. The normalized spacial score (nSPS) is 11.4. The predicted octanol–water partition coefficient (Wildman–Crippen LogP) is 2.79. The Bertz CT molecular complexity index is 162. The van der Waals surface area contributed by atoms with Gasteiger partial charge in [0.05, 0.1) is 0 Å². The van der Waals surface area contributed by atoms with Gasteiger partial charge in [-0.3, -0.25) is 4.90 Å². The highest BCUT2D eigenvalue weighted by Crippen LogP contribution is 2.04. The Balaban J connectivity index is 3.90. The molecule has 0 N–H and O–H groups in total. The van der Waals surface area contributed by atoms with Crippen molar-refractivity contribution in [2.45, 2.75) is 27.7 Å². The Labute approximate surface area is 98.4 Å². The van der Waals surface area contributed by atoms with Gasteiger partial charge in [-0.2, -0.15) is 0 Å². The highest BCUT2D eigenvalue weighted by atomic mass is 32.1. The van der Waals surface area contributed by atoms with Gasteiger partial charge in [0.1, 0.15) is 6.73 Å². The first kappa shape index (κ1) is 14.2. The third-order valence-electron chi connectivity index (χ3n) is 1.62. The third-order valence-corrected chi connectivity index (χ3v) is 1.86. The van der Waals surface area contributed by atoms with E-state index >= 15 is 0 Å². The number of nitrogens with zero attached hydrogens (tertiary/aromatic N) is 1. The van der Waals surface area contributed by atoms with Gasteiger partial charge < -0.3 is 4.74 Å². The molecule has 0 aromatic carbocycles. The van der Waals surface area contributed by atoms with Crippen LogP contribution in [0.4, 0.5) is 0 Å². The van der Waals surface area contributed by atoms with Crippen molar-refractivity contribution in [3.63, 3.8) is 0 Å². The van der Waals surface area contributed by atoms with Crippen LogP contribution in [0.15, 0.2) is 0 Å². The molecule has 0 saturated carbocycles. The summed E-state index contributed by atoms with van der Waals surface area (Å²) in [6.07, 6.45) is 0. The molecule has 0 aromatic heterocycles. The predicted molar refractivity (Wildman–Crippen MR) is 68.8 cm³/mol. The highest BCUT2D eigenvalue weighted by molar-refractivity contribution is 8.10. The van der Waals surface area contributed by atoms with Crippen LogP contribution in [-0.4, -0.2) is 29.1 Å². The van der Waals surface area contributed by atoms with E-state index in [1.807, 2.05) is 0 Å². The maximum absolute atomic E-state index is 5.23. The van der Waals surface area contributed by atoms with E-state index in [1.54, 1.807) is 0 Å². The monoisotopic (exact) mass is 235 g/mol.